The van der Waals surface area contributed by atoms with E-state index in [0.717, 1.165) is 11.6 Å². The van der Waals surface area contributed by atoms with Crippen LogP contribution >= 0.6 is 0 Å². The molecule has 0 bridgehead atoms. The maximum Gasteiger partial charge on any atom is 0.217 e. The predicted molar refractivity (Wildman–Crippen MR) is 91.4 cm³/mol. The van der Waals surface area contributed by atoms with Crippen LogP contribution in [0.4, 0.5) is 0 Å². The molecule has 0 radical (unpaired) electrons. The zero-order valence-electron chi connectivity index (χ0n) is 15.3. The van der Waals surface area contributed by atoms with Crippen LogP contribution in [0.15, 0.2) is 0 Å². The van der Waals surface area contributed by atoms with Gasteiger partial charge in [0, 0.05) is 0 Å². The summed E-state index contributed by atoms with van der Waals surface area (Å²) >= 11 is 0. The fourth-order valence-electron chi connectivity index (χ4n) is 2.07. The second-order valence-electron chi connectivity index (χ2n) is 6.77. The van der Waals surface area contributed by atoms with Gasteiger partial charge in [0.2, 0.25) is 10.4 Å². The van der Waals surface area contributed by atoms with E-state index in [2.05, 4.69) is 32.2 Å². The lowest BCUT2D eigenvalue weighted by atomic mass is 10.1. The van der Waals surface area contributed by atoms with Gasteiger partial charge in [-0.15, -0.1) is 0 Å². The third-order valence-corrected chi connectivity index (χ3v) is 3.79. The van der Waals surface area contributed by atoms with E-state index in [1.165, 1.54) is 70.8 Å². The third-order valence-electron chi connectivity index (χ3n) is 3.39. The highest BCUT2D eigenvalue weighted by atomic mass is 32.3. The fourth-order valence-corrected chi connectivity index (χ4v) is 2.07. The maximum atomic E-state index is 9.22. The first-order valence-corrected chi connectivity index (χ1v) is 9.77. The molecule has 0 saturated heterocycles. The van der Waals surface area contributed by atoms with Gasteiger partial charge in [0.15, 0.2) is 0 Å². The van der Waals surface area contributed by atoms with E-state index in [1.54, 1.807) is 0 Å². The van der Waals surface area contributed by atoms with Crippen molar-refractivity contribution in [2.75, 3.05) is 34.8 Å². The first kappa shape index (κ1) is 24.1. The molecule has 0 aliphatic heterocycles. The van der Waals surface area contributed by atoms with Gasteiger partial charge in [-0.1, -0.05) is 58.3 Å². The van der Waals surface area contributed by atoms with Gasteiger partial charge in [0.25, 0.3) is 0 Å². The van der Waals surface area contributed by atoms with Gasteiger partial charge in [-0.2, -0.15) is 0 Å². The van der Waals surface area contributed by atoms with Gasteiger partial charge < -0.3 is 9.04 Å². The minimum atomic E-state index is -4.41. The van der Waals surface area contributed by atoms with Crippen molar-refractivity contribution in [3.05, 3.63) is 0 Å². The number of hydrogen-bond acceptors (Lipinski definition) is 4. The summed E-state index contributed by atoms with van der Waals surface area (Å²) in [5, 5.41) is 0. The van der Waals surface area contributed by atoms with Crippen molar-refractivity contribution in [1.29, 1.82) is 0 Å². The number of quaternary nitrogens is 1. The van der Waals surface area contributed by atoms with Crippen LogP contribution in [0.2, 0.25) is 0 Å². The zero-order chi connectivity index (χ0) is 17.5. The highest BCUT2D eigenvalue weighted by Gasteiger charge is 2.04. The topological polar surface area (TPSA) is 66.4 Å². The summed E-state index contributed by atoms with van der Waals surface area (Å²) < 4.78 is 32.1. The molecule has 0 heterocycles. The summed E-state index contributed by atoms with van der Waals surface area (Å²) in [6, 6.07) is 0. The third kappa shape index (κ3) is 28.1. The van der Waals surface area contributed by atoms with Crippen molar-refractivity contribution in [1.82, 2.24) is 0 Å². The van der Waals surface area contributed by atoms with Crippen molar-refractivity contribution in [3.63, 3.8) is 0 Å². The molecule has 0 aliphatic carbocycles. The van der Waals surface area contributed by atoms with Crippen molar-refractivity contribution in [2.24, 2.45) is 0 Å². The molecule has 22 heavy (non-hydrogen) atoms. The lowest BCUT2D eigenvalue weighted by Crippen LogP contribution is -2.35. The summed E-state index contributed by atoms with van der Waals surface area (Å²) in [4.78, 5) is 0. The summed E-state index contributed by atoms with van der Waals surface area (Å²) in [6.07, 6.45) is 14.4. The van der Waals surface area contributed by atoms with Gasteiger partial charge >= 0.3 is 0 Å². The fraction of sp³-hybridized carbons (Fsp3) is 1.00. The zero-order valence-corrected chi connectivity index (χ0v) is 16.1. The van der Waals surface area contributed by atoms with Crippen molar-refractivity contribution < 1.29 is 21.6 Å². The molecule has 0 unspecified atom stereocenters. The Hall–Kier alpha value is -0.170. The van der Waals surface area contributed by atoms with Gasteiger partial charge in [-0.05, 0) is 12.8 Å². The Kier molecular flexibility index (Phi) is 15.8. The molecule has 0 spiro atoms. The van der Waals surface area contributed by atoms with Crippen molar-refractivity contribution in [2.45, 2.75) is 71.1 Å². The second kappa shape index (κ2) is 14.4. The molecule has 6 heteroatoms. The smallest absolute Gasteiger partial charge is 0.217 e. The second-order valence-corrected chi connectivity index (χ2v) is 7.92. The quantitative estimate of drug-likeness (QED) is 0.235. The minimum Gasteiger partial charge on any atom is -0.726 e. The average Bonchev–Trinajstić information content (AvgIpc) is 2.39. The molecule has 0 amide bonds. The maximum absolute atomic E-state index is 9.22. The molecular weight excluding hydrogens is 302 g/mol. The van der Waals surface area contributed by atoms with Crippen LogP contribution in [0.5, 0.6) is 0 Å². The molecule has 0 aromatic heterocycles. The molecule has 5 nitrogen and oxygen atoms in total. The summed E-state index contributed by atoms with van der Waals surface area (Å²) in [7, 11) is 3.25. The normalized spacial score (nSPS) is 11.9. The summed E-state index contributed by atoms with van der Waals surface area (Å²) in [5.74, 6) is 0. The van der Waals surface area contributed by atoms with E-state index in [-0.39, 0.29) is 0 Å². The largest absolute Gasteiger partial charge is 0.726 e. The SMILES string of the molecule is CCCCCCCCCCCC[N+](C)(C)C.COS(=O)(=O)[O-]. The number of nitrogens with zero attached hydrogens (tertiary/aromatic N) is 1. The molecule has 0 saturated carbocycles. The lowest BCUT2D eigenvalue weighted by molar-refractivity contribution is -0.870. The standard InChI is InChI=1S/C15H34N.CH4O4S/c1-5-6-7-8-9-10-11-12-13-14-15-16(2,3)4;1-5-6(2,3)4/h5-15H2,1-4H3;1H3,(H,2,3,4)/q+1;/p-1. The van der Waals surface area contributed by atoms with Crippen LogP contribution in [0.1, 0.15) is 71.1 Å². The Morgan fingerprint density at radius 3 is 1.41 bits per heavy atom. The summed E-state index contributed by atoms with van der Waals surface area (Å²) in [6.45, 7) is 3.62. The molecule has 0 rings (SSSR count). The number of rotatable bonds is 12. The molecule has 0 aromatic rings. The van der Waals surface area contributed by atoms with Gasteiger partial charge in [0.05, 0.1) is 34.8 Å². The average molecular weight is 340 g/mol. The Morgan fingerprint density at radius 1 is 0.818 bits per heavy atom. The molecule has 0 fully saturated rings. The van der Waals surface area contributed by atoms with Crippen LogP contribution < -0.4 is 0 Å². The first-order valence-electron chi connectivity index (χ1n) is 8.44. The number of unbranched alkanes of at least 4 members (excludes halogenated alkanes) is 9. The van der Waals surface area contributed by atoms with Crippen LogP contribution in [-0.4, -0.2) is 52.3 Å². The van der Waals surface area contributed by atoms with Gasteiger partial charge in [-0.3, -0.25) is 4.18 Å². The van der Waals surface area contributed by atoms with Crippen molar-refractivity contribution >= 4 is 10.4 Å². The van der Waals surface area contributed by atoms with E-state index in [9.17, 15) is 13.0 Å². The van der Waals surface area contributed by atoms with Crippen molar-refractivity contribution in [3.8, 4) is 0 Å². The number of hydrogen-bond donors (Lipinski definition) is 0. The highest BCUT2D eigenvalue weighted by molar-refractivity contribution is 7.80. The van der Waals surface area contributed by atoms with Crippen LogP contribution in [0, 0.1) is 0 Å². The minimum absolute atomic E-state index is 0.808. The van der Waals surface area contributed by atoms with E-state index in [1.807, 2.05) is 0 Å². The molecule has 136 valence electrons. The first-order chi connectivity index (χ1) is 10.1. The highest BCUT2D eigenvalue weighted by Crippen LogP contribution is 2.10. The molecular formula is C16H37NO4S. The molecule has 0 atom stereocenters. The monoisotopic (exact) mass is 339 g/mol. The van der Waals surface area contributed by atoms with Crippen LogP contribution in [0.25, 0.3) is 0 Å². The van der Waals surface area contributed by atoms with Gasteiger partial charge in [-0.25, -0.2) is 8.42 Å². The van der Waals surface area contributed by atoms with E-state index in [4.69, 9.17) is 0 Å². The molecule has 0 N–H and O–H groups in total. The van der Waals surface area contributed by atoms with E-state index in [0.29, 0.717) is 0 Å². The van der Waals surface area contributed by atoms with E-state index >= 15 is 0 Å². The molecule has 0 aromatic carbocycles. The lowest BCUT2D eigenvalue weighted by Gasteiger charge is -2.23. The van der Waals surface area contributed by atoms with Crippen LogP contribution in [-0.2, 0) is 14.6 Å². The van der Waals surface area contributed by atoms with Crippen LogP contribution in [0.3, 0.4) is 0 Å². The van der Waals surface area contributed by atoms with E-state index < -0.39 is 10.4 Å². The Bertz CT molecular complexity index is 324. The predicted octanol–water partition coefficient (Wildman–Crippen LogP) is 3.71. The Labute approximate surface area is 138 Å². The molecule has 0 aliphatic rings. The van der Waals surface area contributed by atoms with Gasteiger partial charge in [0.1, 0.15) is 0 Å². The Morgan fingerprint density at radius 2 is 1.14 bits per heavy atom. The Balaban J connectivity index is 0. The summed E-state index contributed by atoms with van der Waals surface area (Å²) in [5.41, 5.74) is 0.